The molecule has 1 heterocycles. The van der Waals surface area contributed by atoms with Gasteiger partial charge in [0.1, 0.15) is 0 Å². The number of piperazine rings is 1. The summed E-state index contributed by atoms with van der Waals surface area (Å²) < 4.78 is 0. The topological polar surface area (TPSA) is 69.6 Å². The minimum atomic E-state index is -0.836. The van der Waals surface area contributed by atoms with Crippen molar-refractivity contribution in [1.82, 2.24) is 10.2 Å². The zero-order chi connectivity index (χ0) is 12.6. The first-order valence-corrected chi connectivity index (χ1v) is 6.20. The van der Waals surface area contributed by atoms with Gasteiger partial charge in [-0.3, -0.25) is 14.5 Å². The average Bonchev–Trinajstić information content (AvgIpc) is 3.02. The van der Waals surface area contributed by atoms with E-state index >= 15 is 0 Å². The molecule has 17 heavy (non-hydrogen) atoms. The van der Waals surface area contributed by atoms with Crippen molar-refractivity contribution in [2.75, 3.05) is 6.54 Å². The highest BCUT2D eigenvalue weighted by molar-refractivity contribution is 5.83. The maximum Gasteiger partial charge on any atom is 0.303 e. The van der Waals surface area contributed by atoms with E-state index in [1.807, 2.05) is 0 Å². The number of carbonyl (C=O) groups is 2. The van der Waals surface area contributed by atoms with E-state index in [0.29, 0.717) is 19.0 Å². The summed E-state index contributed by atoms with van der Waals surface area (Å²) in [4.78, 5) is 24.8. The monoisotopic (exact) mass is 240 g/mol. The minimum Gasteiger partial charge on any atom is -0.481 e. The van der Waals surface area contributed by atoms with Crippen LogP contribution in [0.2, 0.25) is 0 Å². The van der Waals surface area contributed by atoms with E-state index in [1.54, 1.807) is 0 Å². The van der Waals surface area contributed by atoms with Gasteiger partial charge in [-0.05, 0) is 33.1 Å². The van der Waals surface area contributed by atoms with Gasteiger partial charge in [0.05, 0.1) is 6.04 Å². The molecule has 1 unspecified atom stereocenters. The molecule has 0 aromatic rings. The molecule has 0 aromatic heterocycles. The Labute approximate surface area is 101 Å². The van der Waals surface area contributed by atoms with Crippen LogP contribution < -0.4 is 5.32 Å². The van der Waals surface area contributed by atoms with E-state index in [2.05, 4.69) is 24.1 Å². The van der Waals surface area contributed by atoms with E-state index in [1.165, 1.54) is 0 Å². The highest BCUT2D eigenvalue weighted by Crippen LogP contribution is 2.37. The van der Waals surface area contributed by atoms with Crippen LogP contribution in [0.1, 0.15) is 39.5 Å². The summed E-state index contributed by atoms with van der Waals surface area (Å²) in [6.07, 6.45) is 2.71. The lowest BCUT2D eigenvalue weighted by Crippen LogP contribution is -2.66. The van der Waals surface area contributed by atoms with Gasteiger partial charge in [-0.15, -0.1) is 0 Å². The Morgan fingerprint density at radius 1 is 1.53 bits per heavy atom. The number of carbonyl (C=O) groups excluding carboxylic acids is 1. The molecule has 1 amide bonds. The minimum absolute atomic E-state index is 0.0162. The van der Waals surface area contributed by atoms with Crippen LogP contribution in [0.15, 0.2) is 0 Å². The van der Waals surface area contributed by atoms with Gasteiger partial charge in [-0.2, -0.15) is 0 Å². The van der Waals surface area contributed by atoms with E-state index in [-0.39, 0.29) is 23.9 Å². The summed E-state index contributed by atoms with van der Waals surface area (Å²) in [7, 11) is 0. The van der Waals surface area contributed by atoms with Crippen LogP contribution in [0.3, 0.4) is 0 Å². The third kappa shape index (κ3) is 2.60. The Morgan fingerprint density at radius 3 is 2.71 bits per heavy atom. The number of carboxylic acid groups (broad SMARTS) is 1. The van der Waals surface area contributed by atoms with Crippen molar-refractivity contribution in [3.8, 4) is 0 Å². The summed E-state index contributed by atoms with van der Waals surface area (Å²) in [5.41, 5.74) is -0.0712. The lowest BCUT2D eigenvalue weighted by molar-refractivity contribution is -0.140. The fourth-order valence-corrected chi connectivity index (χ4v) is 2.69. The van der Waals surface area contributed by atoms with Crippen LogP contribution in [0.4, 0.5) is 0 Å². The summed E-state index contributed by atoms with van der Waals surface area (Å²) in [5, 5.41) is 11.6. The molecular weight excluding hydrogens is 220 g/mol. The van der Waals surface area contributed by atoms with Gasteiger partial charge in [-0.25, -0.2) is 0 Å². The standard InChI is InChI=1S/C12H20N2O3/c1-12(2)7-13-11(17)9(5-6-10(15)16)14(12)8-3-4-8/h8-9H,3-7H2,1-2H3,(H,13,17)(H,15,16). The second kappa shape index (κ2) is 4.29. The van der Waals surface area contributed by atoms with Crippen molar-refractivity contribution >= 4 is 11.9 Å². The number of nitrogens with zero attached hydrogens (tertiary/aromatic N) is 1. The molecule has 2 N–H and O–H groups in total. The molecule has 5 nitrogen and oxygen atoms in total. The lowest BCUT2D eigenvalue weighted by Gasteiger charge is -2.47. The fraction of sp³-hybridized carbons (Fsp3) is 0.833. The molecule has 1 saturated carbocycles. The van der Waals surface area contributed by atoms with Crippen LogP contribution in [0.25, 0.3) is 0 Å². The first-order chi connectivity index (χ1) is 7.92. The first-order valence-electron chi connectivity index (χ1n) is 6.20. The van der Waals surface area contributed by atoms with Crippen LogP contribution >= 0.6 is 0 Å². The smallest absolute Gasteiger partial charge is 0.303 e. The maximum absolute atomic E-state index is 11.9. The highest BCUT2D eigenvalue weighted by atomic mass is 16.4. The van der Waals surface area contributed by atoms with Crippen molar-refractivity contribution in [1.29, 1.82) is 0 Å². The predicted octanol–water partition coefficient (Wildman–Crippen LogP) is 0.593. The van der Waals surface area contributed by atoms with Crippen molar-refractivity contribution < 1.29 is 14.7 Å². The van der Waals surface area contributed by atoms with Crippen LogP contribution in [-0.4, -0.2) is 46.1 Å². The third-order valence-electron chi connectivity index (χ3n) is 3.60. The number of amides is 1. The van der Waals surface area contributed by atoms with Crippen molar-refractivity contribution in [3.05, 3.63) is 0 Å². The van der Waals surface area contributed by atoms with E-state index < -0.39 is 5.97 Å². The van der Waals surface area contributed by atoms with Crippen LogP contribution in [0, 0.1) is 0 Å². The second-order valence-electron chi connectivity index (χ2n) is 5.62. The zero-order valence-electron chi connectivity index (χ0n) is 10.4. The molecule has 2 aliphatic rings. The van der Waals surface area contributed by atoms with Gasteiger partial charge < -0.3 is 10.4 Å². The summed E-state index contributed by atoms with van der Waals surface area (Å²) in [6, 6.07) is 0.192. The van der Waals surface area contributed by atoms with Crippen LogP contribution in [-0.2, 0) is 9.59 Å². The molecule has 96 valence electrons. The molecule has 1 atom stereocenters. The number of carboxylic acids is 1. The number of hydrogen-bond donors (Lipinski definition) is 2. The average molecular weight is 240 g/mol. The molecule has 5 heteroatoms. The Kier molecular flexibility index (Phi) is 3.12. The SMILES string of the molecule is CC1(C)CNC(=O)C(CCC(=O)O)N1C1CC1. The highest BCUT2D eigenvalue weighted by Gasteiger charge is 2.47. The maximum atomic E-state index is 11.9. The molecule has 0 spiro atoms. The van der Waals surface area contributed by atoms with Crippen molar-refractivity contribution in [3.63, 3.8) is 0 Å². The van der Waals surface area contributed by atoms with Crippen molar-refractivity contribution in [2.45, 2.75) is 57.2 Å². The van der Waals surface area contributed by atoms with E-state index in [4.69, 9.17) is 5.11 Å². The Bertz CT molecular complexity index is 337. The van der Waals surface area contributed by atoms with E-state index in [9.17, 15) is 9.59 Å². The Morgan fingerprint density at radius 2 is 2.18 bits per heavy atom. The zero-order valence-corrected chi connectivity index (χ0v) is 10.4. The second-order valence-corrected chi connectivity index (χ2v) is 5.62. The van der Waals surface area contributed by atoms with Gasteiger partial charge in [-0.1, -0.05) is 0 Å². The number of nitrogens with one attached hydrogen (secondary N) is 1. The van der Waals surface area contributed by atoms with Gasteiger partial charge >= 0.3 is 5.97 Å². The third-order valence-corrected chi connectivity index (χ3v) is 3.60. The van der Waals surface area contributed by atoms with Gasteiger partial charge in [0.2, 0.25) is 5.91 Å². The summed E-state index contributed by atoms with van der Waals surface area (Å²) in [5.74, 6) is -0.852. The summed E-state index contributed by atoms with van der Waals surface area (Å²) in [6.45, 7) is 4.86. The number of hydrogen-bond acceptors (Lipinski definition) is 3. The molecule has 1 saturated heterocycles. The van der Waals surface area contributed by atoms with E-state index in [0.717, 1.165) is 12.8 Å². The molecule has 1 aliphatic heterocycles. The Hall–Kier alpha value is -1.10. The molecule has 1 aliphatic carbocycles. The van der Waals surface area contributed by atoms with Gasteiger partial charge in [0, 0.05) is 24.5 Å². The predicted molar refractivity (Wildman–Crippen MR) is 62.6 cm³/mol. The van der Waals surface area contributed by atoms with Gasteiger partial charge in [0.25, 0.3) is 0 Å². The molecule has 0 aromatic carbocycles. The molecule has 2 rings (SSSR count). The fourth-order valence-electron chi connectivity index (χ4n) is 2.69. The largest absolute Gasteiger partial charge is 0.481 e. The Balaban J connectivity index is 2.11. The number of aliphatic carboxylic acids is 1. The normalized spacial score (nSPS) is 28.8. The quantitative estimate of drug-likeness (QED) is 0.754. The number of rotatable bonds is 4. The molecule has 2 fully saturated rings. The first kappa shape index (κ1) is 12.4. The molecular formula is C12H20N2O3. The summed E-state index contributed by atoms with van der Waals surface area (Å²) >= 11 is 0. The van der Waals surface area contributed by atoms with Gasteiger partial charge in [0.15, 0.2) is 0 Å². The van der Waals surface area contributed by atoms with Crippen LogP contribution in [0.5, 0.6) is 0 Å². The lowest BCUT2D eigenvalue weighted by atomic mass is 9.93. The molecule has 0 radical (unpaired) electrons. The molecule has 0 bridgehead atoms. The van der Waals surface area contributed by atoms with Crippen molar-refractivity contribution in [2.24, 2.45) is 0 Å².